The van der Waals surface area contributed by atoms with E-state index in [1.54, 1.807) is 24.4 Å². The zero-order valence-electron chi connectivity index (χ0n) is 8.76. The van der Waals surface area contributed by atoms with Crippen LogP contribution in [0.15, 0.2) is 30.5 Å². The fourth-order valence-electron chi connectivity index (χ4n) is 1.05. The van der Waals surface area contributed by atoms with Gasteiger partial charge in [-0.2, -0.15) is 0 Å². The Labute approximate surface area is 104 Å². The summed E-state index contributed by atoms with van der Waals surface area (Å²) >= 11 is 11.6. The Bertz CT molecular complexity index is 385. The fourth-order valence-corrected chi connectivity index (χ4v) is 1.57. The highest BCUT2D eigenvalue weighted by atomic mass is 35.5. The van der Waals surface area contributed by atoms with E-state index in [1.165, 1.54) is 0 Å². The van der Waals surface area contributed by atoms with Crippen molar-refractivity contribution >= 4 is 34.9 Å². The number of carbonyl (C=O) groups excluding carboxylic acids is 1. The molecule has 0 radical (unpaired) electrons. The summed E-state index contributed by atoms with van der Waals surface area (Å²) in [6.45, 7) is 1.98. The van der Waals surface area contributed by atoms with Crippen LogP contribution >= 0.6 is 23.2 Å². The van der Waals surface area contributed by atoms with Gasteiger partial charge in [0.2, 0.25) is 0 Å². The van der Waals surface area contributed by atoms with Crippen LogP contribution in [0, 0.1) is 0 Å². The van der Waals surface area contributed by atoms with Crippen LogP contribution in [0.25, 0.3) is 0 Å². The molecule has 1 rings (SSSR count). The Morgan fingerprint density at radius 3 is 2.50 bits per heavy atom. The number of rotatable bonds is 3. The minimum atomic E-state index is -0.331. The van der Waals surface area contributed by atoms with Gasteiger partial charge >= 0.3 is 6.03 Å². The molecule has 3 nitrogen and oxygen atoms in total. The van der Waals surface area contributed by atoms with Crippen LogP contribution in [0.4, 0.5) is 10.5 Å². The zero-order chi connectivity index (χ0) is 12.0. The van der Waals surface area contributed by atoms with Crippen molar-refractivity contribution in [3.05, 3.63) is 40.5 Å². The van der Waals surface area contributed by atoms with Crippen molar-refractivity contribution in [3.8, 4) is 0 Å². The average Bonchev–Trinajstić information content (AvgIpc) is 2.16. The molecule has 0 aliphatic heterocycles. The third-order valence-corrected chi connectivity index (χ3v) is 2.12. The Morgan fingerprint density at radius 2 is 1.94 bits per heavy atom. The normalized spacial score (nSPS) is 10.4. The average molecular weight is 259 g/mol. The molecule has 5 heteroatoms. The van der Waals surface area contributed by atoms with E-state index < -0.39 is 0 Å². The second-order valence-corrected chi connectivity index (χ2v) is 3.94. The lowest BCUT2D eigenvalue weighted by molar-refractivity contribution is 0.255. The highest BCUT2D eigenvalue weighted by molar-refractivity contribution is 6.35. The van der Waals surface area contributed by atoms with Crippen LogP contribution in [0.1, 0.15) is 13.3 Å². The third kappa shape index (κ3) is 4.55. The van der Waals surface area contributed by atoms with Gasteiger partial charge in [-0.1, -0.05) is 36.2 Å². The first kappa shape index (κ1) is 12.9. The lowest BCUT2D eigenvalue weighted by Crippen LogP contribution is -2.23. The summed E-state index contributed by atoms with van der Waals surface area (Å²) in [5.74, 6) is 0. The van der Waals surface area contributed by atoms with E-state index in [1.807, 2.05) is 13.0 Å². The molecule has 0 fully saturated rings. The molecule has 2 amide bonds. The predicted octanol–water partition coefficient (Wildman–Crippen LogP) is 4.04. The van der Waals surface area contributed by atoms with E-state index >= 15 is 0 Å². The van der Waals surface area contributed by atoms with Crippen LogP contribution in [0.2, 0.25) is 10.0 Å². The number of nitrogens with one attached hydrogen (secondary N) is 2. The number of allylic oxidation sites excluding steroid dienone is 1. The molecule has 0 saturated carbocycles. The molecule has 0 heterocycles. The van der Waals surface area contributed by atoms with Gasteiger partial charge < -0.3 is 10.6 Å². The number of halogens is 2. The maximum absolute atomic E-state index is 11.4. The number of hydrogen-bond acceptors (Lipinski definition) is 1. The largest absolute Gasteiger partial charge is 0.323 e. The van der Waals surface area contributed by atoms with Crippen molar-refractivity contribution in [1.29, 1.82) is 0 Å². The van der Waals surface area contributed by atoms with Gasteiger partial charge in [0.25, 0.3) is 0 Å². The number of urea groups is 1. The second-order valence-electron chi connectivity index (χ2n) is 3.07. The molecule has 1 aromatic rings. The summed E-state index contributed by atoms with van der Waals surface area (Å²) < 4.78 is 0. The number of benzene rings is 1. The van der Waals surface area contributed by atoms with E-state index in [0.29, 0.717) is 15.7 Å². The smallest absolute Gasteiger partial charge is 0.315 e. The Morgan fingerprint density at radius 1 is 1.31 bits per heavy atom. The van der Waals surface area contributed by atoms with Crippen LogP contribution < -0.4 is 10.6 Å². The molecule has 1 aromatic carbocycles. The second kappa shape index (κ2) is 6.40. The van der Waals surface area contributed by atoms with Crippen LogP contribution in [-0.4, -0.2) is 6.03 Å². The van der Waals surface area contributed by atoms with E-state index in [4.69, 9.17) is 23.2 Å². The van der Waals surface area contributed by atoms with Crippen molar-refractivity contribution in [2.45, 2.75) is 13.3 Å². The molecule has 0 unspecified atom stereocenters. The van der Waals surface area contributed by atoms with E-state index in [9.17, 15) is 4.79 Å². The minimum Gasteiger partial charge on any atom is -0.315 e. The number of anilines is 1. The maximum atomic E-state index is 11.4. The molecular formula is C11H12Cl2N2O. The quantitative estimate of drug-likeness (QED) is 0.845. The van der Waals surface area contributed by atoms with Gasteiger partial charge in [-0.15, -0.1) is 0 Å². The monoisotopic (exact) mass is 258 g/mol. The van der Waals surface area contributed by atoms with Gasteiger partial charge in [-0.3, -0.25) is 0 Å². The van der Waals surface area contributed by atoms with Crippen molar-refractivity contribution in [2.24, 2.45) is 0 Å². The summed E-state index contributed by atoms with van der Waals surface area (Å²) in [4.78, 5) is 11.4. The zero-order valence-corrected chi connectivity index (χ0v) is 10.3. The first-order valence-corrected chi connectivity index (χ1v) is 5.56. The molecule has 16 heavy (non-hydrogen) atoms. The number of hydrogen-bond donors (Lipinski definition) is 2. The third-order valence-electron chi connectivity index (χ3n) is 1.69. The van der Waals surface area contributed by atoms with Gasteiger partial charge in [-0.05, 0) is 24.6 Å². The van der Waals surface area contributed by atoms with Gasteiger partial charge in [0.05, 0.1) is 0 Å². The minimum absolute atomic E-state index is 0.331. The first-order chi connectivity index (χ1) is 7.61. The lowest BCUT2D eigenvalue weighted by Gasteiger charge is -2.05. The topological polar surface area (TPSA) is 41.1 Å². The van der Waals surface area contributed by atoms with Crippen LogP contribution in [-0.2, 0) is 0 Å². The molecule has 0 aromatic heterocycles. The molecule has 0 aliphatic rings. The molecule has 0 spiro atoms. The summed E-state index contributed by atoms with van der Waals surface area (Å²) in [6, 6.07) is 4.51. The lowest BCUT2D eigenvalue weighted by atomic mass is 10.3. The molecule has 2 N–H and O–H groups in total. The predicted molar refractivity (Wildman–Crippen MR) is 68.0 cm³/mol. The summed E-state index contributed by atoms with van der Waals surface area (Å²) in [6.07, 6.45) is 4.29. The van der Waals surface area contributed by atoms with Gasteiger partial charge in [0.1, 0.15) is 0 Å². The number of amides is 2. The van der Waals surface area contributed by atoms with E-state index in [2.05, 4.69) is 10.6 Å². The summed E-state index contributed by atoms with van der Waals surface area (Å²) in [5, 5.41) is 6.12. The Hall–Kier alpha value is -1.19. The van der Waals surface area contributed by atoms with E-state index in [-0.39, 0.29) is 6.03 Å². The van der Waals surface area contributed by atoms with Crippen molar-refractivity contribution < 1.29 is 4.79 Å². The van der Waals surface area contributed by atoms with Gasteiger partial charge in [0.15, 0.2) is 0 Å². The van der Waals surface area contributed by atoms with Gasteiger partial charge in [0, 0.05) is 21.9 Å². The standard InChI is InChI=1S/C11H12Cl2N2O/c1-2-3-4-14-11(16)15-10-6-8(12)5-9(13)7-10/h3-7H,2H2,1H3,(H2,14,15,16)/b4-3+. The summed E-state index contributed by atoms with van der Waals surface area (Å²) in [5.41, 5.74) is 0.555. The fraction of sp³-hybridized carbons (Fsp3) is 0.182. The van der Waals surface area contributed by atoms with Crippen LogP contribution in [0.3, 0.4) is 0 Å². The van der Waals surface area contributed by atoms with Crippen molar-refractivity contribution in [3.63, 3.8) is 0 Å². The summed E-state index contributed by atoms with van der Waals surface area (Å²) in [7, 11) is 0. The molecular weight excluding hydrogens is 247 g/mol. The highest BCUT2D eigenvalue weighted by Crippen LogP contribution is 2.22. The van der Waals surface area contributed by atoms with Crippen LogP contribution in [0.5, 0.6) is 0 Å². The Balaban J connectivity index is 2.59. The molecule has 0 bridgehead atoms. The SMILES string of the molecule is CC/C=C/NC(=O)Nc1cc(Cl)cc(Cl)c1. The highest BCUT2D eigenvalue weighted by Gasteiger charge is 2.01. The first-order valence-electron chi connectivity index (χ1n) is 4.80. The molecule has 0 saturated heterocycles. The maximum Gasteiger partial charge on any atom is 0.323 e. The van der Waals surface area contributed by atoms with Crippen molar-refractivity contribution in [1.82, 2.24) is 5.32 Å². The van der Waals surface area contributed by atoms with Crippen molar-refractivity contribution in [2.75, 3.05) is 5.32 Å². The Kier molecular flexibility index (Phi) is 5.15. The van der Waals surface area contributed by atoms with Gasteiger partial charge in [-0.25, -0.2) is 4.79 Å². The molecule has 0 aliphatic carbocycles. The number of carbonyl (C=O) groups is 1. The van der Waals surface area contributed by atoms with E-state index in [0.717, 1.165) is 6.42 Å². The molecule has 86 valence electrons. The molecule has 0 atom stereocenters.